The molecule has 0 radical (unpaired) electrons. The van der Waals surface area contributed by atoms with E-state index in [1.807, 2.05) is 18.2 Å². The van der Waals surface area contributed by atoms with E-state index in [1.54, 1.807) is 17.0 Å². The first-order valence-electron chi connectivity index (χ1n) is 5.46. The summed E-state index contributed by atoms with van der Waals surface area (Å²) in [5, 5.41) is 9.63. The Bertz CT molecular complexity index is 367. The highest BCUT2D eigenvalue weighted by Gasteiger charge is 2.27. The number of piperidine rings is 1. The molecule has 86 valence electrons. The van der Waals surface area contributed by atoms with Crippen LogP contribution in [0.2, 0.25) is 0 Å². The molecule has 1 aromatic rings. The van der Waals surface area contributed by atoms with Crippen molar-refractivity contribution in [2.24, 2.45) is 5.73 Å². The molecular formula is C12H16N2O2. The van der Waals surface area contributed by atoms with Crippen LogP contribution in [-0.4, -0.2) is 41.1 Å². The van der Waals surface area contributed by atoms with Crippen LogP contribution in [-0.2, 0) is 0 Å². The molecule has 1 saturated heterocycles. The van der Waals surface area contributed by atoms with Crippen molar-refractivity contribution >= 4 is 5.91 Å². The lowest BCUT2D eigenvalue weighted by atomic mass is 10.0. The molecule has 1 fully saturated rings. The van der Waals surface area contributed by atoms with Gasteiger partial charge in [0, 0.05) is 24.7 Å². The summed E-state index contributed by atoms with van der Waals surface area (Å²) in [5.41, 5.74) is 6.35. The summed E-state index contributed by atoms with van der Waals surface area (Å²) >= 11 is 0. The van der Waals surface area contributed by atoms with Gasteiger partial charge in [0.1, 0.15) is 0 Å². The Kier molecular flexibility index (Phi) is 3.22. The monoisotopic (exact) mass is 220 g/mol. The third-order valence-electron chi connectivity index (χ3n) is 2.94. The Morgan fingerprint density at radius 2 is 2.06 bits per heavy atom. The van der Waals surface area contributed by atoms with Crippen LogP contribution in [0.25, 0.3) is 0 Å². The van der Waals surface area contributed by atoms with Crippen molar-refractivity contribution in [1.29, 1.82) is 0 Å². The summed E-state index contributed by atoms with van der Waals surface area (Å²) < 4.78 is 0. The number of rotatable bonds is 1. The van der Waals surface area contributed by atoms with Crippen molar-refractivity contribution in [2.75, 3.05) is 13.1 Å². The zero-order valence-corrected chi connectivity index (χ0v) is 9.04. The molecule has 3 N–H and O–H groups in total. The molecule has 1 aliphatic heterocycles. The molecule has 0 bridgehead atoms. The number of β-amino-alcohol motifs (C(OH)–C–C–N with tert-alkyl or cyclic N) is 1. The Balaban J connectivity index is 2.06. The third-order valence-corrected chi connectivity index (χ3v) is 2.94. The molecule has 0 aliphatic carbocycles. The summed E-state index contributed by atoms with van der Waals surface area (Å²) in [4.78, 5) is 13.7. The van der Waals surface area contributed by atoms with Gasteiger partial charge < -0.3 is 15.7 Å². The second kappa shape index (κ2) is 4.63. The van der Waals surface area contributed by atoms with Crippen LogP contribution in [0.1, 0.15) is 16.8 Å². The number of aliphatic hydroxyl groups is 1. The van der Waals surface area contributed by atoms with E-state index in [1.165, 1.54) is 0 Å². The molecule has 2 unspecified atom stereocenters. The van der Waals surface area contributed by atoms with E-state index in [0.717, 1.165) is 0 Å². The molecule has 1 amide bonds. The highest BCUT2D eigenvalue weighted by atomic mass is 16.3. The van der Waals surface area contributed by atoms with E-state index in [9.17, 15) is 9.90 Å². The molecular weight excluding hydrogens is 204 g/mol. The Labute approximate surface area is 94.7 Å². The van der Waals surface area contributed by atoms with Gasteiger partial charge in [-0.25, -0.2) is 0 Å². The van der Waals surface area contributed by atoms with Gasteiger partial charge >= 0.3 is 0 Å². The van der Waals surface area contributed by atoms with Crippen LogP contribution in [0, 0.1) is 0 Å². The summed E-state index contributed by atoms with van der Waals surface area (Å²) in [5.74, 6) is -0.0356. The second-order valence-electron chi connectivity index (χ2n) is 4.14. The van der Waals surface area contributed by atoms with E-state index < -0.39 is 6.10 Å². The number of aliphatic hydroxyl groups excluding tert-OH is 1. The maximum absolute atomic E-state index is 12.0. The topological polar surface area (TPSA) is 66.6 Å². The van der Waals surface area contributed by atoms with Crippen LogP contribution in [0.15, 0.2) is 30.3 Å². The fourth-order valence-corrected chi connectivity index (χ4v) is 1.90. The lowest BCUT2D eigenvalue weighted by Gasteiger charge is -2.34. The summed E-state index contributed by atoms with van der Waals surface area (Å²) in [7, 11) is 0. The minimum absolute atomic E-state index is 0.0356. The molecule has 1 aromatic carbocycles. The van der Waals surface area contributed by atoms with E-state index in [2.05, 4.69) is 0 Å². The van der Waals surface area contributed by atoms with Crippen molar-refractivity contribution < 1.29 is 9.90 Å². The SMILES string of the molecule is NC1CCN(C(=O)c2ccccc2)CC1O. The minimum Gasteiger partial charge on any atom is -0.390 e. The average molecular weight is 220 g/mol. The summed E-state index contributed by atoms with van der Waals surface area (Å²) in [6.45, 7) is 0.945. The molecule has 4 heteroatoms. The number of likely N-dealkylation sites (tertiary alicyclic amines) is 1. The average Bonchev–Trinajstić information content (AvgIpc) is 2.33. The highest BCUT2D eigenvalue weighted by molar-refractivity contribution is 5.94. The van der Waals surface area contributed by atoms with Gasteiger partial charge in [0.05, 0.1) is 6.10 Å². The fourth-order valence-electron chi connectivity index (χ4n) is 1.90. The van der Waals surface area contributed by atoms with Gasteiger partial charge in [0.15, 0.2) is 0 Å². The van der Waals surface area contributed by atoms with Gasteiger partial charge in [-0.15, -0.1) is 0 Å². The first kappa shape index (κ1) is 11.1. The molecule has 0 aromatic heterocycles. The standard InChI is InChI=1S/C12H16N2O2/c13-10-6-7-14(8-11(10)15)12(16)9-4-2-1-3-5-9/h1-5,10-11,15H,6-8,13H2. The summed E-state index contributed by atoms with van der Waals surface area (Å²) in [6, 6.07) is 8.89. The molecule has 2 rings (SSSR count). The number of hydrogen-bond acceptors (Lipinski definition) is 3. The fraction of sp³-hybridized carbons (Fsp3) is 0.417. The normalized spacial score (nSPS) is 25.5. The van der Waals surface area contributed by atoms with Crippen molar-refractivity contribution in [3.8, 4) is 0 Å². The number of nitrogens with two attached hydrogens (primary N) is 1. The van der Waals surface area contributed by atoms with Crippen molar-refractivity contribution in [3.63, 3.8) is 0 Å². The van der Waals surface area contributed by atoms with Crippen LogP contribution in [0.5, 0.6) is 0 Å². The number of carbonyl (C=O) groups is 1. The number of amides is 1. The number of benzene rings is 1. The molecule has 1 aliphatic rings. The lowest BCUT2D eigenvalue weighted by molar-refractivity contribution is 0.0395. The Hall–Kier alpha value is -1.39. The molecule has 0 spiro atoms. The lowest BCUT2D eigenvalue weighted by Crippen LogP contribution is -2.52. The summed E-state index contributed by atoms with van der Waals surface area (Å²) in [6.07, 6.45) is 0.0427. The maximum Gasteiger partial charge on any atom is 0.253 e. The molecule has 0 saturated carbocycles. The van der Waals surface area contributed by atoms with E-state index in [4.69, 9.17) is 5.73 Å². The van der Waals surface area contributed by atoms with Gasteiger partial charge in [-0.05, 0) is 18.6 Å². The number of carbonyl (C=O) groups excluding carboxylic acids is 1. The van der Waals surface area contributed by atoms with Gasteiger partial charge in [0.2, 0.25) is 0 Å². The minimum atomic E-state index is -0.610. The molecule has 1 heterocycles. The first-order chi connectivity index (χ1) is 7.68. The van der Waals surface area contributed by atoms with Gasteiger partial charge in [-0.2, -0.15) is 0 Å². The highest BCUT2D eigenvalue weighted by Crippen LogP contribution is 2.13. The van der Waals surface area contributed by atoms with Gasteiger partial charge in [-0.3, -0.25) is 4.79 Å². The van der Waals surface area contributed by atoms with Gasteiger partial charge in [0.25, 0.3) is 5.91 Å². The quantitative estimate of drug-likeness (QED) is 0.711. The zero-order chi connectivity index (χ0) is 11.5. The molecule has 4 nitrogen and oxygen atoms in total. The van der Waals surface area contributed by atoms with Crippen LogP contribution in [0.4, 0.5) is 0 Å². The van der Waals surface area contributed by atoms with Gasteiger partial charge in [-0.1, -0.05) is 18.2 Å². The van der Waals surface area contributed by atoms with Crippen molar-refractivity contribution in [2.45, 2.75) is 18.6 Å². The Morgan fingerprint density at radius 3 is 2.69 bits per heavy atom. The first-order valence-corrected chi connectivity index (χ1v) is 5.46. The van der Waals surface area contributed by atoms with E-state index in [-0.39, 0.29) is 11.9 Å². The Morgan fingerprint density at radius 1 is 1.38 bits per heavy atom. The van der Waals surface area contributed by atoms with Crippen molar-refractivity contribution in [1.82, 2.24) is 4.90 Å². The second-order valence-corrected chi connectivity index (χ2v) is 4.14. The molecule has 2 atom stereocenters. The van der Waals surface area contributed by atoms with E-state index in [0.29, 0.717) is 25.1 Å². The largest absolute Gasteiger partial charge is 0.390 e. The predicted octanol–water partition coefficient (Wildman–Crippen LogP) is 0.221. The zero-order valence-electron chi connectivity index (χ0n) is 9.04. The third kappa shape index (κ3) is 2.23. The van der Waals surface area contributed by atoms with E-state index >= 15 is 0 Å². The predicted molar refractivity (Wildman–Crippen MR) is 60.9 cm³/mol. The number of nitrogens with zero attached hydrogens (tertiary/aromatic N) is 1. The van der Waals surface area contributed by atoms with Crippen molar-refractivity contribution in [3.05, 3.63) is 35.9 Å². The number of hydrogen-bond donors (Lipinski definition) is 2. The molecule has 16 heavy (non-hydrogen) atoms. The maximum atomic E-state index is 12.0. The van der Waals surface area contributed by atoms with Crippen LogP contribution in [0.3, 0.4) is 0 Å². The van der Waals surface area contributed by atoms with Crippen LogP contribution < -0.4 is 5.73 Å². The smallest absolute Gasteiger partial charge is 0.253 e. The van der Waals surface area contributed by atoms with Crippen LogP contribution >= 0.6 is 0 Å².